The van der Waals surface area contributed by atoms with Crippen molar-refractivity contribution < 1.29 is 34.3 Å². The van der Waals surface area contributed by atoms with Gasteiger partial charge >= 0.3 is 5.97 Å². The SMILES string of the molecule is CC1(C)OC2OC(C(O)CC(=O)O)C(O)C2O1. The van der Waals surface area contributed by atoms with E-state index in [1.54, 1.807) is 13.8 Å². The molecule has 0 aromatic heterocycles. The van der Waals surface area contributed by atoms with Gasteiger partial charge in [0.05, 0.1) is 12.5 Å². The number of ether oxygens (including phenoxy) is 3. The summed E-state index contributed by atoms with van der Waals surface area (Å²) in [5.74, 6) is -2.01. The molecule has 2 fully saturated rings. The zero-order valence-electron chi connectivity index (χ0n) is 9.57. The minimum Gasteiger partial charge on any atom is -0.481 e. The smallest absolute Gasteiger partial charge is 0.306 e. The summed E-state index contributed by atoms with van der Waals surface area (Å²) in [5, 5.41) is 28.0. The summed E-state index contributed by atoms with van der Waals surface area (Å²) in [6.07, 6.45) is -5.35. The van der Waals surface area contributed by atoms with Gasteiger partial charge in [-0.2, -0.15) is 0 Å². The number of aliphatic hydroxyl groups excluding tert-OH is 2. The molecule has 0 radical (unpaired) electrons. The van der Waals surface area contributed by atoms with Gasteiger partial charge < -0.3 is 29.5 Å². The predicted octanol–water partition coefficient (Wildman–Crippen LogP) is -0.941. The van der Waals surface area contributed by atoms with Crippen molar-refractivity contribution in [2.24, 2.45) is 0 Å². The lowest BCUT2D eigenvalue weighted by Gasteiger charge is -2.25. The van der Waals surface area contributed by atoms with E-state index in [1.165, 1.54) is 0 Å². The third-order valence-corrected chi connectivity index (χ3v) is 2.82. The molecule has 2 aliphatic heterocycles. The number of rotatable bonds is 3. The first-order valence-electron chi connectivity index (χ1n) is 5.39. The number of carboxylic acids is 1. The molecule has 0 aromatic rings. The molecule has 0 aromatic carbocycles. The van der Waals surface area contributed by atoms with Crippen molar-refractivity contribution >= 4 is 5.97 Å². The highest BCUT2D eigenvalue weighted by atomic mass is 16.8. The van der Waals surface area contributed by atoms with Crippen molar-refractivity contribution in [3.63, 3.8) is 0 Å². The second-order valence-corrected chi connectivity index (χ2v) is 4.73. The van der Waals surface area contributed by atoms with Gasteiger partial charge in [-0.25, -0.2) is 0 Å². The van der Waals surface area contributed by atoms with Crippen molar-refractivity contribution in [1.82, 2.24) is 0 Å². The zero-order chi connectivity index (χ0) is 12.8. The van der Waals surface area contributed by atoms with Crippen LogP contribution in [0.2, 0.25) is 0 Å². The minimum atomic E-state index is -1.29. The van der Waals surface area contributed by atoms with Crippen LogP contribution in [-0.2, 0) is 19.0 Å². The average molecular weight is 248 g/mol. The number of carbonyl (C=O) groups is 1. The molecule has 3 N–H and O–H groups in total. The Labute approximate surface area is 97.9 Å². The Balaban J connectivity index is 2.00. The first-order chi connectivity index (χ1) is 7.80. The summed E-state index contributed by atoms with van der Waals surface area (Å²) in [6, 6.07) is 0. The number of fused-ring (bicyclic) bond motifs is 1. The maximum atomic E-state index is 10.5. The highest BCUT2D eigenvalue weighted by Crippen LogP contribution is 2.38. The van der Waals surface area contributed by atoms with Gasteiger partial charge in [-0.3, -0.25) is 4.79 Å². The van der Waals surface area contributed by atoms with E-state index in [1.807, 2.05) is 0 Å². The number of hydrogen-bond donors (Lipinski definition) is 3. The molecular weight excluding hydrogens is 232 g/mol. The van der Waals surface area contributed by atoms with Crippen LogP contribution in [0.15, 0.2) is 0 Å². The van der Waals surface area contributed by atoms with E-state index in [-0.39, 0.29) is 0 Å². The third-order valence-electron chi connectivity index (χ3n) is 2.82. The molecule has 5 atom stereocenters. The van der Waals surface area contributed by atoms with E-state index in [4.69, 9.17) is 19.3 Å². The topological polar surface area (TPSA) is 105 Å². The second kappa shape index (κ2) is 4.18. The van der Waals surface area contributed by atoms with Gasteiger partial charge in [0.25, 0.3) is 0 Å². The molecule has 17 heavy (non-hydrogen) atoms. The van der Waals surface area contributed by atoms with Gasteiger partial charge in [0, 0.05) is 0 Å². The van der Waals surface area contributed by atoms with Crippen LogP contribution >= 0.6 is 0 Å². The van der Waals surface area contributed by atoms with Crippen LogP contribution in [0.25, 0.3) is 0 Å². The van der Waals surface area contributed by atoms with Crippen molar-refractivity contribution in [2.75, 3.05) is 0 Å². The molecule has 7 heteroatoms. The fraction of sp³-hybridized carbons (Fsp3) is 0.900. The molecule has 0 bridgehead atoms. The molecule has 5 unspecified atom stereocenters. The molecule has 98 valence electrons. The summed E-state index contributed by atoms with van der Waals surface area (Å²) < 4.78 is 16.1. The minimum absolute atomic E-state index is 0.495. The lowest BCUT2D eigenvalue weighted by atomic mass is 10.0. The van der Waals surface area contributed by atoms with Gasteiger partial charge in [-0.15, -0.1) is 0 Å². The maximum absolute atomic E-state index is 10.5. The summed E-state index contributed by atoms with van der Waals surface area (Å²) >= 11 is 0. The number of carboxylic acid groups (broad SMARTS) is 1. The van der Waals surface area contributed by atoms with E-state index >= 15 is 0 Å². The first kappa shape index (κ1) is 12.7. The molecule has 0 saturated carbocycles. The van der Waals surface area contributed by atoms with Crippen molar-refractivity contribution in [3.8, 4) is 0 Å². The first-order valence-corrected chi connectivity index (χ1v) is 5.39. The van der Waals surface area contributed by atoms with Crippen LogP contribution in [0.4, 0.5) is 0 Å². The number of hydrogen-bond acceptors (Lipinski definition) is 6. The van der Waals surface area contributed by atoms with Crippen LogP contribution in [0, 0.1) is 0 Å². The van der Waals surface area contributed by atoms with Gasteiger partial charge in [0.15, 0.2) is 12.1 Å². The Bertz CT molecular complexity index is 316. The van der Waals surface area contributed by atoms with Crippen LogP contribution < -0.4 is 0 Å². The molecule has 0 spiro atoms. The molecule has 0 aliphatic carbocycles. The Kier molecular flexibility index (Phi) is 3.13. The summed E-state index contributed by atoms with van der Waals surface area (Å²) in [5.41, 5.74) is 0. The number of aliphatic hydroxyl groups is 2. The molecule has 7 nitrogen and oxygen atoms in total. The van der Waals surface area contributed by atoms with E-state index < -0.39 is 48.9 Å². The average Bonchev–Trinajstić information content (AvgIpc) is 2.60. The van der Waals surface area contributed by atoms with Crippen LogP contribution in [0.3, 0.4) is 0 Å². The summed E-state index contributed by atoms with van der Waals surface area (Å²) in [6.45, 7) is 3.37. The second-order valence-electron chi connectivity index (χ2n) is 4.73. The predicted molar refractivity (Wildman–Crippen MR) is 53.0 cm³/mol. The normalized spacial score (nSPS) is 41.2. The van der Waals surface area contributed by atoms with E-state index in [2.05, 4.69) is 0 Å². The van der Waals surface area contributed by atoms with Crippen LogP contribution in [-0.4, -0.2) is 57.8 Å². The fourth-order valence-corrected chi connectivity index (χ4v) is 2.13. The molecule has 2 heterocycles. The molecule has 2 rings (SSSR count). The van der Waals surface area contributed by atoms with E-state index in [0.717, 1.165) is 0 Å². The standard InChI is InChI=1S/C10H16O7/c1-10(2)16-8-6(14)7(15-9(8)17-10)4(11)3-5(12)13/h4,6-9,11,14H,3H2,1-2H3,(H,12,13). The van der Waals surface area contributed by atoms with E-state index in [9.17, 15) is 15.0 Å². The fourth-order valence-electron chi connectivity index (χ4n) is 2.13. The van der Waals surface area contributed by atoms with Crippen LogP contribution in [0.5, 0.6) is 0 Å². The van der Waals surface area contributed by atoms with Gasteiger partial charge in [0.1, 0.15) is 18.3 Å². The maximum Gasteiger partial charge on any atom is 0.306 e. The molecule has 2 saturated heterocycles. The molecule has 2 aliphatic rings. The lowest BCUT2D eigenvalue weighted by Crippen LogP contribution is -2.41. The Hall–Kier alpha value is -0.730. The Morgan fingerprint density at radius 3 is 2.59 bits per heavy atom. The summed E-state index contributed by atoms with van der Waals surface area (Å²) in [4.78, 5) is 10.5. The highest BCUT2D eigenvalue weighted by Gasteiger charge is 2.55. The van der Waals surface area contributed by atoms with Crippen LogP contribution in [0.1, 0.15) is 20.3 Å². The van der Waals surface area contributed by atoms with Gasteiger partial charge in [-0.05, 0) is 13.8 Å². The quantitative estimate of drug-likeness (QED) is 0.591. The molecule has 0 amide bonds. The largest absolute Gasteiger partial charge is 0.481 e. The van der Waals surface area contributed by atoms with Crippen molar-refractivity contribution in [3.05, 3.63) is 0 Å². The highest BCUT2D eigenvalue weighted by molar-refractivity contribution is 5.67. The number of aliphatic carboxylic acids is 1. The Morgan fingerprint density at radius 2 is 2.06 bits per heavy atom. The summed E-state index contributed by atoms with van der Waals surface area (Å²) in [7, 11) is 0. The third kappa shape index (κ3) is 2.43. The van der Waals surface area contributed by atoms with Gasteiger partial charge in [0.2, 0.25) is 0 Å². The van der Waals surface area contributed by atoms with Crippen molar-refractivity contribution in [1.29, 1.82) is 0 Å². The Morgan fingerprint density at radius 1 is 1.41 bits per heavy atom. The lowest BCUT2D eigenvalue weighted by molar-refractivity contribution is -0.226. The van der Waals surface area contributed by atoms with Gasteiger partial charge in [-0.1, -0.05) is 0 Å². The van der Waals surface area contributed by atoms with Crippen molar-refractivity contribution in [2.45, 2.75) is 56.8 Å². The van der Waals surface area contributed by atoms with E-state index in [0.29, 0.717) is 0 Å². The molecular formula is C10H16O7. The zero-order valence-corrected chi connectivity index (χ0v) is 9.57. The monoisotopic (exact) mass is 248 g/mol.